The standard InChI is InChI=1S/C14H21F3N4O/c1-13(2,21(3)4)9-19-12(18)20-10-7-5-6-8-11(10)22-14(15,16)17/h5-8H,9H2,1-4H3,(H3,18,19,20). The van der Waals surface area contributed by atoms with Crippen LogP contribution in [0.25, 0.3) is 0 Å². The number of rotatable bonds is 5. The number of anilines is 1. The number of alkyl halides is 3. The van der Waals surface area contributed by atoms with Crippen molar-refractivity contribution in [2.24, 2.45) is 10.7 Å². The van der Waals surface area contributed by atoms with Crippen molar-refractivity contribution in [1.82, 2.24) is 4.90 Å². The topological polar surface area (TPSA) is 62.9 Å². The highest BCUT2D eigenvalue weighted by Gasteiger charge is 2.32. The number of nitrogens with two attached hydrogens (primary N) is 1. The SMILES string of the molecule is CN(C)C(C)(C)CN=C(N)Nc1ccccc1OC(F)(F)F. The fraction of sp³-hybridized carbons (Fsp3) is 0.500. The van der Waals surface area contributed by atoms with Crippen molar-refractivity contribution >= 4 is 11.6 Å². The van der Waals surface area contributed by atoms with Gasteiger partial charge in [0.25, 0.3) is 0 Å². The minimum Gasteiger partial charge on any atom is -0.404 e. The number of benzene rings is 1. The van der Waals surface area contributed by atoms with E-state index in [-0.39, 0.29) is 22.9 Å². The highest BCUT2D eigenvalue weighted by molar-refractivity contribution is 5.93. The van der Waals surface area contributed by atoms with Gasteiger partial charge in [-0.2, -0.15) is 0 Å². The van der Waals surface area contributed by atoms with Gasteiger partial charge in [-0.15, -0.1) is 13.2 Å². The third-order valence-electron chi connectivity index (χ3n) is 3.22. The molecule has 1 aromatic rings. The molecule has 0 aliphatic heterocycles. The van der Waals surface area contributed by atoms with Gasteiger partial charge >= 0.3 is 6.36 Å². The first-order chi connectivity index (χ1) is 10.0. The summed E-state index contributed by atoms with van der Waals surface area (Å²) in [6, 6.07) is 5.64. The molecule has 0 atom stereocenters. The number of hydrogen-bond donors (Lipinski definition) is 2. The summed E-state index contributed by atoms with van der Waals surface area (Å²) < 4.78 is 40.9. The molecule has 0 aliphatic rings. The first-order valence-electron chi connectivity index (χ1n) is 6.60. The van der Waals surface area contributed by atoms with Crippen LogP contribution < -0.4 is 15.8 Å². The molecule has 0 unspecified atom stereocenters. The van der Waals surface area contributed by atoms with E-state index in [0.29, 0.717) is 6.54 Å². The summed E-state index contributed by atoms with van der Waals surface area (Å²) in [5.74, 6) is -0.340. The molecule has 1 rings (SSSR count). The number of ether oxygens (including phenoxy) is 1. The maximum Gasteiger partial charge on any atom is 0.573 e. The number of hydrogen-bond acceptors (Lipinski definition) is 3. The van der Waals surface area contributed by atoms with Crippen molar-refractivity contribution < 1.29 is 17.9 Å². The number of aliphatic imine (C=N–C) groups is 1. The van der Waals surface area contributed by atoms with E-state index in [9.17, 15) is 13.2 Å². The Morgan fingerprint density at radius 1 is 1.27 bits per heavy atom. The summed E-state index contributed by atoms with van der Waals surface area (Å²) in [4.78, 5) is 6.13. The van der Waals surface area contributed by atoms with E-state index in [4.69, 9.17) is 5.73 Å². The van der Waals surface area contributed by atoms with Crippen molar-refractivity contribution in [2.45, 2.75) is 25.7 Å². The van der Waals surface area contributed by atoms with Crippen LogP contribution in [0.4, 0.5) is 18.9 Å². The zero-order chi connectivity index (χ0) is 17.0. The maximum atomic E-state index is 12.3. The predicted molar refractivity (Wildman–Crippen MR) is 81.0 cm³/mol. The minimum atomic E-state index is -4.77. The minimum absolute atomic E-state index is 0.0214. The number of halogens is 3. The Bertz CT molecular complexity index is 527. The van der Waals surface area contributed by atoms with Crippen LogP contribution in [0.1, 0.15) is 13.8 Å². The van der Waals surface area contributed by atoms with Crippen LogP contribution >= 0.6 is 0 Å². The molecule has 0 aromatic heterocycles. The molecule has 8 heteroatoms. The predicted octanol–water partition coefficient (Wildman–Crippen LogP) is 2.65. The maximum absolute atomic E-state index is 12.3. The van der Waals surface area contributed by atoms with Crippen molar-refractivity contribution in [1.29, 1.82) is 0 Å². The largest absolute Gasteiger partial charge is 0.573 e. The molecule has 22 heavy (non-hydrogen) atoms. The lowest BCUT2D eigenvalue weighted by atomic mass is 10.1. The molecule has 5 nitrogen and oxygen atoms in total. The summed E-state index contributed by atoms with van der Waals surface area (Å²) in [5.41, 5.74) is 5.60. The lowest BCUT2D eigenvalue weighted by Gasteiger charge is -2.30. The normalized spacial score (nSPS) is 13.4. The molecule has 0 saturated carbocycles. The molecule has 1 aromatic carbocycles. The molecule has 0 aliphatic carbocycles. The van der Waals surface area contributed by atoms with Gasteiger partial charge in [-0.1, -0.05) is 12.1 Å². The molecule has 0 radical (unpaired) electrons. The molecular weight excluding hydrogens is 297 g/mol. The number of likely N-dealkylation sites (N-methyl/N-ethyl adjacent to an activating group) is 1. The van der Waals surface area contributed by atoms with Crippen molar-refractivity contribution in [3.8, 4) is 5.75 Å². The van der Waals surface area contributed by atoms with Crippen LogP contribution in [0.5, 0.6) is 5.75 Å². The second-order valence-corrected chi connectivity index (χ2v) is 5.58. The van der Waals surface area contributed by atoms with E-state index in [1.54, 1.807) is 6.07 Å². The first kappa shape index (κ1) is 18.1. The Balaban J connectivity index is 2.82. The number of nitrogens with one attached hydrogen (secondary N) is 1. The molecule has 0 bridgehead atoms. The average molecular weight is 318 g/mol. The average Bonchev–Trinajstić information content (AvgIpc) is 2.37. The van der Waals surface area contributed by atoms with Crippen LogP contribution in [0.3, 0.4) is 0 Å². The quantitative estimate of drug-likeness (QED) is 0.647. The Morgan fingerprint density at radius 2 is 1.86 bits per heavy atom. The van der Waals surface area contributed by atoms with Crippen LogP contribution in [-0.4, -0.2) is 43.4 Å². The Hall–Kier alpha value is -1.96. The summed E-state index contributed by atoms with van der Waals surface area (Å²) in [7, 11) is 3.82. The molecule has 0 fully saturated rings. The van der Waals surface area contributed by atoms with E-state index in [1.807, 2.05) is 32.8 Å². The summed E-state index contributed by atoms with van der Waals surface area (Å²) in [6.45, 7) is 4.34. The number of para-hydroxylation sites is 2. The second kappa shape index (κ2) is 6.87. The van der Waals surface area contributed by atoms with Crippen molar-refractivity contribution in [3.05, 3.63) is 24.3 Å². The van der Waals surface area contributed by atoms with Crippen LogP contribution in [-0.2, 0) is 0 Å². The van der Waals surface area contributed by atoms with Gasteiger partial charge in [-0.05, 0) is 40.1 Å². The Labute approximate surface area is 128 Å². The third-order valence-corrected chi connectivity index (χ3v) is 3.22. The van der Waals surface area contributed by atoms with E-state index >= 15 is 0 Å². The zero-order valence-electron chi connectivity index (χ0n) is 13.0. The van der Waals surface area contributed by atoms with Crippen LogP contribution in [0.15, 0.2) is 29.3 Å². The van der Waals surface area contributed by atoms with Crippen LogP contribution in [0, 0.1) is 0 Å². The van der Waals surface area contributed by atoms with Gasteiger partial charge < -0.3 is 20.7 Å². The molecule has 0 spiro atoms. The van der Waals surface area contributed by atoms with Gasteiger partial charge in [0.05, 0.1) is 12.2 Å². The Morgan fingerprint density at radius 3 is 2.41 bits per heavy atom. The van der Waals surface area contributed by atoms with Crippen molar-refractivity contribution in [3.63, 3.8) is 0 Å². The second-order valence-electron chi connectivity index (χ2n) is 5.58. The van der Waals surface area contributed by atoms with E-state index in [2.05, 4.69) is 15.0 Å². The molecule has 0 heterocycles. The molecular formula is C14H21F3N4O. The van der Waals surface area contributed by atoms with Gasteiger partial charge in [0.2, 0.25) is 0 Å². The van der Waals surface area contributed by atoms with E-state index < -0.39 is 6.36 Å². The highest BCUT2D eigenvalue weighted by Crippen LogP contribution is 2.29. The summed E-state index contributed by atoms with van der Waals surface area (Å²) in [6.07, 6.45) is -4.77. The molecule has 0 saturated heterocycles. The van der Waals surface area contributed by atoms with E-state index in [1.165, 1.54) is 18.2 Å². The highest BCUT2D eigenvalue weighted by atomic mass is 19.4. The zero-order valence-corrected chi connectivity index (χ0v) is 13.0. The van der Waals surface area contributed by atoms with Crippen LogP contribution in [0.2, 0.25) is 0 Å². The van der Waals surface area contributed by atoms with Gasteiger partial charge in [0.15, 0.2) is 11.7 Å². The fourth-order valence-corrected chi connectivity index (χ4v) is 1.38. The van der Waals surface area contributed by atoms with Gasteiger partial charge in [0, 0.05) is 5.54 Å². The molecule has 3 N–H and O–H groups in total. The summed E-state index contributed by atoms with van der Waals surface area (Å²) in [5, 5.41) is 2.63. The van der Waals surface area contributed by atoms with Gasteiger partial charge in [-0.25, -0.2) is 0 Å². The number of guanidine groups is 1. The Kier molecular flexibility index (Phi) is 5.65. The lowest BCUT2D eigenvalue weighted by Crippen LogP contribution is -2.41. The number of nitrogens with zero attached hydrogens (tertiary/aromatic N) is 2. The summed E-state index contributed by atoms with van der Waals surface area (Å²) >= 11 is 0. The van der Waals surface area contributed by atoms with Gasteiger partial charge in [0.1, 0.15) is 0 Å². The molecule has 0 amide bonds. The van der Waals surface area contributed by atoms with Crippen molar-refractivity contribution in [2.75, 3.05) is 26.0 Å². The first-order valence-corrected chi connectivity index (χ1v) is 6.60. The van der Waals surface area contributed by atoms with Gasteiger partial charge in [-0.3, -0.25) is 4.99 Å². The third kappa shape index (κ3) is 5.80. The smallest absolute Gasteiger partial charge is 0.404 e. The fourth-order valence-electron chi connectivity index (χ4n) is 1.38. The monoisotopic (exact) mass is 318 g/mol. The molecule has 124 valence electrons. The van der Waals surface area contributed by atoms with E-state index in [0.717, 1.165) is 0 Å². The lowest BCUT2D eigenvalue weighted by molar-refractivity contribution is -0.274.